The molecule has 0 aliphatic rings. The average Bonchev–Trinajstić information content (AvgIpc) is 2.96. The fourth-order valence-corrected chi connectivity index (χ4v) is 1.79. The molecule has 1 heterocycles. The quantitative estimate of drug-likeness (QED) is 0.694. The first kappa shape index (κ1) is 13.8. The highest BCUT2D eigenvalue weighted by Crippen LogP contribution is 2.05. The van der Waals surface area contributed by atoms with E-state index in [1.165, 1.54) is 12.1 Å². The molecule has 0 spiro atoms. The van der Waals surface area contributed by atoms with Gasteiger partial charge in [-0.3, -0.25) is 4.79 Å². The Balaban J connectivity index is 1.82. The second kappa shape index (κ2) is 6.51. The van der Waals surface area contributed by atoms with Crippen LogP contribution in [0.2, 0.25) is 0 Å². The van der Waals surface area contributed by atoms with Crippen molar-refractivity contribution < 1.29 is 14.7 Å². The number of carboxylic acid groups (broad SMARTS) is 1. The molecule has 104 valence electrons. The van der Waals surface area contributed by atoms with E-state index in [2.05, 4.69) is 15.3 Å². The summed E-state index contributed by atoms with van der Waals surface area (Å²) in [5, 5.41) is 11.6. The van der Waals surface area contributed by atoms with Gasteiger partial charge in [0.2, 0.25) is 0 Å². The smallest absolute Gasteiger partial charge is 0.335 e. The lowest BCUT2D eigenvalue weighted by Crippen LogP contribution is -2.25. The highest BCUT2D eigenvalue weighted by Gasteiger charge is 2.08. The molecule has 0 saturated heterocycles. The molecule has 0 atom stereocenters. The van der Waals surface area contributed by atoms with Gasteiger partial charge >= 0.3 is 5.97 Å². The number of rotatable bonds is 6. The van der Waals surface area contributed by atoms with Crippen LogP contribution in [0.15, 0.2) is 36.7 Å². The number of nitrogens with one attached hydrogen (secondary N) is 2. The molecule has 0 bridgehead atoms. The predicted octanol–water partition coefficient (Wildman–Crippen LogP) is 1.47. The van der Waals surface area contributed by atoms with Gasteiger partial charge in [-0.2, -0.15) is 0 Å². The molecule has 20 heavy (non-hydrogen) atoms. The molecular formula is C14H15N3O3. The lowest BCUT2D eigenvalue weighted by Gasteiger charge is -2.05. The number of aromatic nitrogens is 2. The third-order valence-electron chi connectivity index (χ3n) is 2.80. The molecule has 0 fully saturated rings. The number of hydrogen-bond donors (Lipinski definition) is 3. The van der Waals surface area contributed by atoms with E-state index in [0.29, 0.717) is 12.1 Å². The Morgan fingerprint density at radius 1 is 1.30 bits per heavy atom. The predicted molar refractivity (Wildman–Crippen MR) is 72.6 cm³/mol. The van der Waals surface area contributed by atoms with E-state index in [1.54, 1.807) is 24.5 Å². The van der Waals surface area contributed by atoms with E-state index < -0.39 is 5.97 Å². The zero-order valence-corrected chi connectivity index (χ0v) is 10.8. The molecule has 1 aromatic heterocycles. The van der Waals surface area contributed by atoms with Crippen LogP contribution >= 0.6 is 0 Å². The van der Waals surface area contributed by atoms with Crippen molar-refractivity contribution in [1.29, 1.82) is 0 Å². The van der Waals surface area contributed by atoms with Gasteiger partial charge in [-0.1, -0.05) is 6.07 Å². The fourth-order valence-electron chi connectivity index (χ4n) is 1.79. The van der Waals surface area contributed by atoms with Gasteiger partial charge in [-0.25, -0.2) is 9.78 Å². The summed E-state index contributed by atoms with van der Waals surface area (Å²) >= 11 is 0. The number of aromatic carboxylic acids is 1. The number of imidazole rings is 1. The topological polar surface area (TPSA) is 95.1 Å². The zero-order valence-electron chi connectivity index (χ0n) is 10.8. The van der Waals surface area contributed by atoms with Crippen LogP contribution < -0.4 is 5.32 Å². The second-order valence-electron chi connectivity index (χ2n) is 4.28. The van der Waals surface area contributed by atoms with Crippen molar-refractivity contribution in [1.82, 2.24) is 15.3 Å². The molecule has 6 heteroatoms. The Morgan fingerprint density at radius 3 is 2.80 bits per heavy atom. The highest BCUT2D eigenvalue weighted by molar-refractivity contribution is 5.97. The molecule has 1 aromatic carbocycles. The molecule has 3 N–H and O–H groups in total. The number of carbonyl (C=O) groups excluding carboxylic acids is 1. The van der Waals surface area contributed by atoms with Gasteiger partial charge in [0.15, 0.2) is 0 Å². The maximum absolute atomic E-state index is 11.9. The van der Waals surface area contributed by atoms with E-state index in [9.17, 15) is 9.59 Å². The van der Waals surface area contributed by atoms with Crippen LogP contribution in [0.3, 0.4) is 0 Å². The first-order chi connectivity index (χ1) is 9.66. The SMILES string of the molecule is O=C(O)c1cccc(C(=O)NCCCc2ncc[nH]2)c1. The molecular weight excluding hydrogens is 258 g/mol. The van der Waals surface area contributed by atoms with Crippen molar-refractivity contribution in [3.63, 3.8) is 0 Å². The van der Waals surface area contributed by atoms with Crippen LogP contribution in [-0.2, 0) is 6.42 Å². The summed E-state index contributed by atoms with van der Waals surface area (Å²) in [6.07, 6.45) is 4.96. The van der Waals surface area contributed by atoms with E-state index in [0.717, 1.165) is 18.7 Å². The van der Waals surface area contributed by atoms with Gasteiger partial charge in [0, 0.05) is 30.9 Å². The summed E-state index contributed by atoms with van der Waals surface area (Å²) in [6, 6.07) is 5.97. The number of aromatic amines is 1. The maximum Gasteiger partial charge on any atom is 0.335 e. The Labute approximate surface area is 115 Å². The summed E-state index contributed by atoms with van der Waals surface area (Å²) in [5.41, 5.74) is 0.455. The van der Waals surface area contributed by atoms with Crippen LogP contribution in [-0.4, -0.2) is 33.5 Å². The van der Waals surface area contributed by atoms with Crippen LogP contribution in [0.1, 0.15) is 33.0 Å². The average molecular weight is 273 g/mol. The molecule has 0 aliphatic heterocycles. The van der Waals surface area contributed by atoms with Crippen molar-refractivity contribution in [2.45, 2.75) is 12.8 Å². The number of amides is 1. The van der Waals surface area contributed by atoms with Gasteiger partial charge in [-0.05, 0) is 24.6 Å². The number of benzene rings is 1. The molecule has 0 radical (unpaired) electrons. The summed E-state index contributed by atoms with van der Waals surface area (Å²) < 4.78 is 0. The van der Waals surface area contributed by atoms with Crippen LogP contribution in [0.4, 0.5) is 0 Å². The minimum absolute atomic E-state index is 0.105. The lowest BCUT2D eigenvalue weighted by atomic mass is 10.1. The molecule has 0 unspecified atom stereocenters. The van der Waals surface area contributed by atoms with Gasteiger partial charge < -0.3 is 15.4 Å². The maximum atomic E-state index is 11.9. The lowest BCUT2D eigenvalue weighted by molar-refractivity contribution is 0.0697. The van der Waals surface area contributed by atoms with Crippen LogP contribution in [0.25, 0.3) is 0 Å². The molecule has 2 rings (SSSR count). The summed E-state index contributed by atoms with van der Waals surface area (Å²) in [5.74, 6) is -0.433. The number of carboxylic acids is 1. The third-order valence-corrected chi connectivity index (χ3v) is 2.80. The van der Waals surface area contributed by atoms with Crippen molar-refractivity contribution in [3.05, 3.63) is 53.6 Å². The minimum Gasteiger partial charge on any atom is -0.478 e. The van der Waals surface area contributed by atoms with E-state index >= 15 is 0 Å². The monoisotopic (exact) mass is 273 g/mol. The van der Waals surface area contributed by atoms with E-state index in [4.69, 9.17) is 5.11 Å². The first-order valence-corrected chi connectivity index (χ1v) is 6.26. The Bertz CT molecular complexity index is 593. The van der Waals surface area contributed by atoms with Crippen LogP contribution in [0, 0.1) is 0 Å². The number of carbonyl (C=O) groups is 2. The number of aryl methyl sites for hydroxylation is 1. The fraction of sp³-hybridized carbons (Fsp3) is 0.214. The van der Waals surface area contributed by atoms with E-state index in [1.807, 2.05) is 0 Å². The normalized spacial score (nSPS) is 10.2. The van der Waals surface area contributed by atoms with Gasteiger partial charge in [0.05, 0.1) is 5.56 Å². The Hall–Kier alpha value is -2.63. The number of nitrogens with zero attached hydrogens (tertiary/aromatic N) is 1. The summed E-state index contributed by atoms with van der Waals surface area (Å²) in [4.78, 5) is 29.8. The van der Waals surface area contributed by atoms with Crippen molar-refractivity contribution in [2.24, 2.45) is 0 Å². The third kappa shape index (κ3) is 3.68. The number of H-pyrrole nitrogens is 1. The van der Waals surface area contributed by atoms with Gasteiger partial charge in [-0.15, -0.1) is 0 Å². The van der Waals surface area contributed by atoms with Gasteiger partial charge in [0.1, 0.15) is 5.82 Å². The van der Waals surface area contributed by atoms with Crippen LogP contribution in [0.5, 0.6) is 0 Å². The molecule has 0 saturated carbocycles. The first-order valence-electron chi connectivity index (χ1n) is 6.26. The number of hydrogen-bond acceptors (Lipinski definition) is 3. The Morgan fingerprint density at radius 2 is 2.10 bits per heavy atom. The molecule has 0 aliphatic carbocycles. The van der Waals surface area contributed by atoms with E-state index in [-0.39, 0.29) is 11.5 Å². The second-order valence-corrected chi connectivity index (χ2v) is 4.28. The summed E-state index contributed by atoms with van der Waals surface area (Å²) in [6.45, 7) is 0.511. The van der Waals surface area contributed by atoms with Crippen molar-refractivity contribution in [3.8, 4) is 0 Å². The zero-order chi connectivity index (χ0) is 14.4. The molecule has 6 nitrogen and oxygen atoms in total. The molecule has 2 aromatic rings. The minimum atomic E-state index is -1.04. The highest BCUT2D eigenvalue weighted by atomic mass is 16.4. The standard InChI is InChI=1S/C14H15N3O3/c18-13(10-3-1-4-11(9-10)14(19)20)17-6-2-5-12-15-7-8-16-12/h1,3-4,7-9H,2,5-6H2,(H,15,16)(H,17,18)(H,19,20). The largest absolute Gasteiger partial charge is 0.478 e. The molecule has 1 amide bonds. The van der Waals surface area contributed by atoms with Crippen molar-refractivity contribution >= 4 is 11.9 Å². The Kier molecular flexibility index (Phi) is 4.49. The van der Waals surface area contributed by atoms with Gasteiger partial charge in [0.25, 0.3) is 5.91 Å². The summed E-state index contributed by atoms with van der Waals surface area (Å²) in [7, 11) is 0. The van der Waals surface area contributed by atoms with Crippen molar-refractivity contribution in [2.75, 3.05) is 6.54 Å².